The molecular formula is C19H18N2O4. The molecular weight excluding hydrogens is 320 g/mol. The molecule has 0 radical (unpaired) electrons. The number of aryl methyl sites for hydroxylation is 1. The lowest BCUT2D eigenvalue weighted by atomic mass is 10.1. The van der Waals surface area contributed by atoms with Crippen molar-refractivity contribution in [3.8, 4) is 0 Å². The predicted molar refractivity (Wildman–Crippen MR) is 93.7 cm³/mol. The van der Waals surface area contributed by atoms with Crippen LogP contribution in [0.25, 0.3) is 0 Å². The maximum Gasteiger partial charge on any atom is 0.337 e. The van der Waals surface area contributed by atoms with Gasteiger partial charge in [-0.3, -0.25) is 9.59 Å². The Balaban J connectivity index is 1.73. The molecule has 128 valence electrons. The van der Waals surface area contributed by atoms with Crippen LogP contribution in [0, 0.1) is 12.8 Å². The zero-order chi connectivity index (χ0) is 18.0. The lowest BCUT2D eigenvalue weighted by Crippen LogP contribution is -2.28. The van der Waals surface area contributed by atoms with Gasteiger partial charge in [-0.05, 0) is 31.2 Å². The van der Waals surface area contributed by atoms with Gasteiger partial charge >= 0.3 is 5.97 Å². The van der Waals surface area contributed by atoms with E-state index in [-0.39, 0.29) is 36.0 Å². The quantitative estimate of drug-likeness (QED) is 0.897. The van der Waals surface area contributed by atoms with E-state index in [1.165, 1.54) is 12.1 Å². The molecule has 1 atom stereocenters. The summed E-state index contributed by atoms with van der Waals surface area (Å²) >= 11 is 0. The minimum atomic E-state index is -1.11. The van der Waals surface area contributed by atoms with Gasteiger partial charge in [0.25, 0.3) is 0 Å². The lowest BCUT2D eigenvalue weighted by Gasteiger charge is -2.17. The molecule has 6 nitrogen and oxygen atoms in total. The Morgan fingerprint density at radius 3 is 2.48 bits per heavy atom. The first-order chi connectivity index (χ1) is 12.0. The van der Waals surface area contributed by atoms with Gasteiger partial charge in [-0.2, -0.15) is 0 Å². The second kappa shape index (κ2) is 6.76. The van der Waals surface area contributed by atoms with Gasteiger partial charge in [0.15, 0.2) is 0 Å². The number of nitrogens with one attached hydrogen (secondary N) is 1. The van der Waals surface area contributed by atoms with Gasteiger partial charge in [-0.1, -0.05) is 29.8 Å². The molecule has 1 saturated heterocycles. The molecule has 1 fully saturated rings. The first kappa shape index (κ1) is 16.7. The number of hydrogen-bond acceptors (Lipinski definition) is 3. The van der Waals surface area contributed by atoms with Gasteiger partial charge in [0, 0.05) is 18.7 Å². The highest BCUT2D eigenvalue weighted by molar-refractivity contribution is 6.05. The summed E-state index contributed by atoms with van der Waals surface area (Å²) in [4.78, 5) is 37.6. The number of nitrogens with zero attached hydrogens (tertiary/aromatic N) is 1. The summed E-state index contributed by atoms with van der Waals surface area (Å²) in [6, 6.07) is 13.8. The molecule has 2 aromatic carbocycles. The number of amides is 2. The summed E-state index contributed by atoms with van der Waals surface area (Å²) < 4.78 is 0. The third-order valence-electron chi connectivity index (χ3n) is 4.26. The van der Waals surface area contributed by atoms with Crippen LogP contribution in [0.1, 0.15) is 22.3 Å². The zero-order valence-electron chi connectivity index (χ0n) is 13.7. The van der Waals surface area contributed by atoms with Crippen molar-refractivity contribution in [1.29, 1.82) is 0 Å². The van der Waals surface area contributed by atoms with Crippen molar-refractivity contribution < 1.29 is 19.5 Å². The van der Waals surface area contributed by atoms with Gasteiger partial charge in [0.1, 0.15) is 0 Å². The molecule has 3 rings (SSSR count). The molecule has 0 spiro atoms. The first-order valence-electron chi connectivity index (χ1n) is 7.96. The number of carbonyl (C=O) groups is 3. The van der Waals surface area contributed by atoms with Crippen molar-refractivity contribution in [2.24, 2.45) is 5.92 Å². The molecule has 0 unspecified atom stereocenters. The number of carboxylic acids is 1. The van der Waals surface area contributed by atoms with E-state index < -0.39 is 11.9 Å². The zero-order valence-corrected chi connectivity index (χ0v) is 13.7. The average Bonchev–Trinajstić information content (AvgIpc) is 2.98. The molecule has 2 aromatic rings. The number of para-hydroxylation sites is 1. The smallest absolute Gasteiger partial charge is 0.337 e. The van der Waals surface area contributed by atoms with Gasteiger partial charge in [0.05, 0.1) is 17.2 Å². The minimum absolute atomic E-state index is 0.0237. The molecule has 1 aliphatic rings. The van der Waals surface area contributed by atoms with Crippen LogP contribution in [-0.4, -0.2) is 29.4 Å². The number of hydrogen-bond donors (Lipinski definition) is 2. The standard InChI is InChI=1S/C19H18N2O4/c1-12-6-8-14(9-7-12)21-11-13(10-17(21)22)18(23)20-16-5-3-2-4-15(16)19(24)25/h2-9,13H,10-11H2,1H3,(H,20,23)(H,24,25)/t13-/m1/s1. The highest BCUT2D eigenvalue weighted by Crippen LogP contribution is 2.26. The van der Waals surface area contributed by atoms with Crippen LogP contribution in [0.15, 0.2) is 48.5 Å². The van der Waals surface area contributed by atoms with Crippen LogP contribution in [0.4, 0.5) is 11.4 Å². The van der Waals surface area contributed by atoms with Gasteiger partial charge < -0.3 is 15.3 Å². The number of carbonyl (C=O) groups excluding carboxylic acids is 2. The molecule has 0 aromatic heterocycles. The SMILES string of the molecule is Cc1ccc(N2C[C@H](C(=O)Nc3ccccc3C(=O)O)CC2=O)cc1. The number of benzene rings is 2. The molecule has 0 saturated carbocycles. The second-order valence-electron chi connectivity index (χ2n) is 6.08. The van der Waals surface area contributed by atoms with Crippen molar-refractivity contribution in [2.45, 2.75) is 13.3 Å². The number of carboxylic acid groups (broad SMARTS) is 1. The van der Waals surface area contributed by atoms with Crippen molar-refractivity contribution in [1.82, 2.24) is 0 Å². The van der Waals surface area contributed by atoms with Crippen molar-refractivity contribution in [3.05, 3.63) is 59.7 Å². The van der Waals surface area contributed by atoms with E-state index in [2.05, 4.69) is 5.32 Å². The van der Waals surface area contributed by atoms with Crippen molar-refractivity contribution in [2.75, 3.05) is 16.8 Å². The van der Waals surface area contributed by atoms with E-state index in [0.29, 0.717) is 0 Å². The topological polar surface area (TPSA) is 86.7 Å². The highest BCUT2D eigenvalue weighted by Gasteiger charge is 2.35. The number of aromatic carboxylic acids is 1. The highest BCUT2D eigenvalue weighted by atomic mass is 16.4. The first-order valence-corrected chi connectivity index (χ1v) is 7.96. The molecule has 0 aliphatic carbocycles. The lowest BCUT2D eigenvalue weighted by molar-refractivity contribution is -0.122. The summed E-state index contributed by atoms with van der Waals surface area (Å²) in [5.41, 5.74) is 2.11. The van der Waals surface area contributed by atoms with Crippen molar-refractivity contribution >= 4 is 29.2 Å². The molecule has 2 N–H and O–H groups in total. The van der Waals surface area contributed by atoms with Crippen LogP contribution in [0.3, 0.4) is 0 Å². The minimum Gasteiger partial charge on any atom is -0.478 e. The van der Waals surface area contributed by atoms with E-state index in [1.54, 1.807) is 17.0 Å². The van der Waals surface area contributed by atoms with E-state index in [1.807, 2.05) is 31.2 Å². The van der Waals surface area contributed by atoms with E-state index >= 15 is 0 Å². The average molecular weight is 338 g/mol. The summed E-state index contributed by atoms with van der Waals surface area (Å²) in [6.07, 6.45) is 0.106. The van der Waals surface area contributed by atoms with Crippen LogP contribution in [-0.2, 0) is 9.59 Å². The Morgan fingerprint density at radius 2 is 1.80 bits per heavy atom. The van der Waals surface area contributed by atoms with E-state index in [4.69, 9.17) is 0 Å². The van der Waals surface area contributed by atoms with E-state index in [9.17, 15) is 19.5 Å². The monoisotopic (exact) mass is 338 g/mol. The Bertz CT molecular complexity index is 830. The van der Waals surface area contributed by atoms with Gasteiger partial charge in [0.2, 0.25) is 11.8 Å². The Kier molecular flexibility index (Phi) is 4.52. The maximum atomic E-state index is 12.5. The third-order valence-corrected chi connectivity index (χ3v) is 4.26. The molecule has 25 heavy (non-hydrogen) atoms. The Hall–Kier alpha value is -3.15. The molecule has 1 aliphatic heterocycles. The molecule has 2 amide bonds. The fraction of sp³-hybridized carbons (Fsp3) is 0.211. The van der Waals surface area contributed by atoms with E-state index in [0.717, 1.165) is 11.3 Å². The molecule has 0 bridgehead atoms. The van der Waals surface area contributed by atoms with Gasteiger partial charge in [-0.15, -0.1) is 0 Å². The molecule has 6 heteroatoms. The molecule has 1 heterocycles. The Morgan fingerprint density at radius 1 is 1.12 bits per heavy atom. The summed E-state index contributed by atoms with van der Waals surface area (Å²) in [5.74, 6) is -2.09. The fourth-order valence-corrected chi connectivity index (χ4v) is 2.87. The Labute approximate surface area is 145 Å². The largest absolute Gasteiger partial charge is 0.478 e. The normalized spacial score (nSPS) is 16.8. The van der Waals surface area contributed by atoms with Crippen LogP contribution in [0.2, 0.25) is 0 Å². The van der Waals surface area contributed by atoms with Crippen molar-refractivity contribution in [3.63, 3.8) is 0 Å². The summed E-state index contributed by atoms with van der Waals surface area (Å²) in [6.45, 7) is 2.24. The van der Waals surface area contributed by atoms with Gasteiger partial charge in [-0.25, -0.2) is 4.79 Å². The predicted octanol–water partition coefficient (Wildman–Crippen LogP) is 2.68. The van der Waals surface area contributed by atoms with Crippen LogP contribution in [0.5, 0.6) is 0 Å². The fourth-order valence-electron chi connectivity index (χ4n) is 2.87. The summed E-state index contributed by atoms with van der Waals surface area (Å²) in [5, 5.41) is 11.8. The van der Waals surface area contributed by atoms with Crippen LogP contribution < -0.4 is 10.2 Å². The number of rotatable bonds is 4. The number of anilines is 2. The third kappa shape index (κ3) is 3.52. The summed E-state index contributed by atoms with van der Waals surface area (Å²) in [7, 11) is 0. The maximum absolute atomic E-state index is 12.5. The van der Waals surface area contributed by atoms with Crippen LogP contribution >= 0.6 is 0 Å². The second-order valence-corrected chi connectivity index (χ2v) is 6.08.